The van der Waals surface area contributed by atoms with Crippen LogP contribution < -0.4 is 4.74 Å². The van der Waals surface area contributed by atoms with Gasteiger partial charge < -0.3 is 14.7 Å². The van der Waals surface area contributed by atoms with Crippen molar-refractivity contribution in [1.82, 2.24) is 4.90 Å². The van der Waals surface area contributed by atoms with E-state index in [4.69, 9.17) is 4.74 Å². The van der Waals surface area contributed by atoms with E-state index in [0.717, 1.165) is 5.39 Å². The fourth-order valence-electron chi connectivity index (χ4n) is 2.01. The van der Waals surface area contributed by atoms with E-state index in [-0.39, 0.29) is 5.75 Å². The van der Waals surface area contributed by atoms with Gasteiger partial charge >= 0.3 is 6.09 Å². The zero-order valence-corrected chi connectivity index (χ0v) is 11.1. The predicted molar refractivity (Wildman–Crippen MR) is 74.6 cm³/mol. The molecular formula is C15H17NO3. The number of hydrogen-bond donors (Lipinski definition) is 1. The first-order valence-electron chi connectivity index (χ1n) is 6.34. The van der Waals surface area contributed by atoms with E-state index in [0.29, 0.717) is 24.2 Å². The number of fused-ring (bicyclic) bond motifs is 1. The number of carbonyl (C=O) groups is 1. The standard InChI is InChI=1S/C15H17NO3/c1-3-16(4-2)15(18)19-13-10-6-8-11-7-5-9-12(17)14(11)13/h5-10,17H,3-4H2,1-2H3. The van der Waals surface area contributed by atoms with Crippen LogP contribution in [-0.2, 0) is 0 Å². The lowest BCUT2D eigenvalue weighted by atomic mass is 10.1. The Labute approximate surface area is 112 Å². The van der Waals surface area contributed by atoms with Gasteiger partial charge in [0.05, 0.1) is 5.39 Å². The van der Waals surface area contributed by atoms with E-state index in [9.17, 15) is 9.90 Å². The second-order valence-electron chi connectivity index (χ2n) is 4.17. The third-order valence-corrected chi connectivity index (χ3v) is 3.06. The van der Waals surface area contributed by atoms with Crippen LogP contribution in [0.4, 0.5) is 4.79 Å². The summed E-state index contributed by atoms with van der Waals surface area (Å²) in [5, 5.41) is 11.3. The average molecular weight is 259 g/mol. The number of benzene rings is 2. The zero-order chi connectivity index (χ0) is 13.8. The molecule has 1 amide bonds. The quantitative estimate of drug-likeness (QED) is 0.919. The van der Waals surface area contributed by atoms with Crippen molar-refractivity contribution in [2.75, 3.05) is 13.1 Å². The van der Waals surface area contributed by atoms with Crippen molar-refractivity contribution in [1.29, 1.82) is 0 Å². The number of phenolic OH excluding ortho intramolecular Hbond substituents is 1. The first-order chi connectivity index (χ1) is 9.17. The van der Waals surface area contributed by atoms with Gasteiger partial charge in [-0.3, -0.25) is 0 Å². The molecule has 2 rings (SSSR count). The molecule has 0 radical (unpaired) electrons. The summed E-state index contributed by atoms with van der Waals surface area (Å²) in [7, 11) is 0. The molecule has 0 bridgehead atoms. The molecule has 1 N–H and O–H groups in total. The highest BCUT2D eigenvalue weighted by atomic mass is 16.6. The van der Waals surface area contributed by atoms with E-state index in [1.165, 1.54) is 0 Å². The fourth-order valence-corrected chi connectivity index (χ4v) is 2.01. The van der Waals surface area contributed by atoms with Crippen LogP contribution in [0.15, 0.2) is 36.4 Å². The Hall–Kier alpha value is -2.23. The molecule has 4 heteroatoms. The van der Waals surface area contributed by atoms with E-state index < -0.39 is 6.09 Å². The summed E-state index contributed by atoms with van der Waals surface area (Å²) in [4.78, 5) is 13.5. The van der Waals surface area contributed by atoms with Crippen LogP contribution in [0.2, 0.25) is 0 Å². The Morgan fingerprint density at radius 1 is 1.16 bits per heavy atom. The van der Waals surface area contributed by atoms with Gasteiger partial charge in [-0.1, -0.05) is 24.3 Å². The fraction of sp³-hybridized carbons (Fsp3) is 0.267. The Morgan fingerprint density at radius 2 is 1.79 bits per heavy atom. The van der Waals surface area contributed by atoms with Crippen LogP contribution in [-0.4, -0.2) is 29.2 Å². The second kappa shape index (κ2) is 5.61. The minimum Gasteiger partial charge on any atom is -0.507 e. The average Bonchev–Trinajstić information content (AvgIpc) is 2.40. The molecule has 0 aliphatic heterocycles. The highest BCUT2D eigenvalue weighted by Gasteiger charge is 2.14. The van der Waals surface area contributed by atoms with Crippen molar-refractivity contribution in [2.24, 2.45) is 0 Å². The maximum Gasteiger partial charge on any atom is 0.415 e. The Balaban J connectivity index is 2.38. The van der Waals surface area contributed by atoms with Crippen molar-refractivity contribution in [3.8, 4) is 11.5 Å². The Bertz CT molecular complexity index is 586. The van der Waals surface area contributed by atoms with Crippen LogP contribution in [0, 0.1) is 0 Å². The molecular weight excluding hydrogens is 242 g/mol. The smallest absolute Gasteiger partial charge is 0.415 e. The number of phenols is 1. The maximum absolute atomic E-state index is 12.0. The SMILES string of the molecule is CCN(CC)C(=O)Oc1cccc2cccc(O)c12. The highest BCUT2D eigenvalue weighted by Crippen LogP contribution is 2.33. The highest BCUT2D eigenvalue weighted by molar-refractivity contribution is 5.94. The largest absolute Gasteiger partial charge is 0.507 e. The van der Waals surface area contributed by atoms with Crippen LogP contribution in [0.25, 0.3) is 10.8 Å². The molecule has 0 aliphatic rings. The minimum absolute atomic E-state index is 0.112. The molecule has 19 heavy (non-hydrogen) atoms. The van der Waals surface area contributed by atoms with Gasteiger partial charge in [0.25, 0.3) is 0 Å². The number of ether oxygens (including phenoxy) is 1. The topological polar surface area (TPSA) is 49.8 Å². The summed E-state index contributed by atoms with van der Waals surface area (Å²) < 4.78 is 5.38. The van der Waals surface area contributed by atoms with Gasteiger partial charge in [-0.15, -0.1) is 0 Å². The van der Waals surface area contributed by atoms with Crippen molar-refractivity contribution >= 4 is 16.9 Å². The molecule has 4 nitrogen and oxygen atoms in total. The molecule has 0 saturated carbocycles. The molecule has 0 fully saturated rings. The van der Waals surface area contributed by atoms with Crippen molar-refractivity contribution < 1.29 is 14.6 Å². The lowest BCUT2D eigenvalue weighted by molar-refractivity contribution is 0.158. The van der Waals surface area contributed by atoms with E-state index >= 15 is 0 Å². The van der Waals surface area contributed by atoms with Gasteiger partial charge in [0.1, 0.15) is 11.5 Å². The Morgan fingerprint density at radius 3 is 2.42 bits per heavy atom. The number of carbonyl (C=O) groups excluding carboxylic acids is 1. The normalized spacial score (nSPS) is 10.4. The molecule has 0 aromatic heterocycles. The molecule has 0 spiro atoms. The van der Waals surface area contributed by atoms with Crippen LogP contribution in [0.5, 0.6) is 11.5 Å². The first-order valence-corrected chi connectivity index (χ1v) is 6.34. The first kappa shape index (κ1) is 13.2. The third-order valence-electron chi connectivity index (χ3n) is 3.06. The lowest BCUT2D eigenvalue weighted by Crippen LogP contribution is -2.33. The summed E-state index contributed by atoms with van der Waals surface area (Å²) in [5.74, 6) is 0.493. The van der Waals surface area contributed by atoms with Crippen molar-refractivity contribution in [2.45, 2.75) is 13.8 Å². The number of nitrogens with zero attached hydrogens (tertiary/aromatic N) is 1. The van der Waals surface area contributed by atoms with Crippen molar-refractivity contribution in [3.63, 3.8) is 0 Å². The summed E-state index contributed by atoms with van der Waals surface area (Å²) in [5.41, 5.74) is 0. The summed E-state index contributed by atoms with van der Waals surface area (Å²) >= 11 is 0. The predicted octanol–water partition coefficient (Wildman–Crippen LogP) is 3.39. The molecule has 0 aliphatic carbocycles. The summed E-state index contributed by atoms with van der Waals surface area (Å²) in [6.45, 7) is 4.97. The lowest BCUT2D eigenvalue weighted by Gasteiger charge is -2.18. The number of hydrogen-bond acceptors (Lipinski definition) is 3. The zero-order valence-electron chi connectivity index (χ0n) is 11.1. The van der Waals surface area contributed by atoms with E-state index in [2.05, 4.69) is 0 Å². The number of rotatable bonds is 3. The van der Waals surface area contributed by atoms with Gasteiger partial charge in [0, 0.05) is 13.1 Å². The van der Waals surface area contributed by atoms with Crippen LogP contribution in [0.3, 0.4) is 0 Å². The number of aromatic hydroxyl groups is 1. The molecule has 2 aromatic carbocycles. The number of amides is 1. The minimum atomic E-state index is -0.402. The van der Waals surface area contributed by atoms with E-state index in [1.807, 2.05) is 26.0 Å². The second-order valence-corrected chi connectivity index (χ2v) is 4.17. The molecule has 0 heterocycles. The van der Waals surface area contributed by atoms with Gasteiger partial charge in [-0.2, -0.15) is 0 Å². The van der Waals surface area contributed by atoms with Crippen molar-refractivity contribution in [3.05, 3.63) is 36.4 Å². The van der Waals surface area contributed by atoms with Gasteiger partial charge in [0.2, 0.25) is 0 Å². The van der Waals surface area contributed by atoms with Crippen LogP contribution >= 0.6 is 0 Å². The third kappa shape index (κ3) is 2.62. The molecule has 0 atom stereocenters. The monoisotopic (exact) mass is 259 g/mol. The molecule has 0 saturated heterocycles. The van der Waals surface area contributed by atoms with Gasteiger partial charge in [-0.25, -0.2) is 4.79 Å². The van der Waals surface area contributed by atoms with Gasteiger partial charge in [-0.05, 0) is 31.4 Å². The van der Waals surface area contributed by atoms with E-state index in [1.54, 1.807) is 29.2 Å². The maximum atomic E-state index is 12.0. The molecule has 2 aromatic rings. The summed E-state index contributed by atoms with van der Waals surface area (Å²) in [6, 6.07) is 10.6. The summed E-state index contributed by atoms with van der Waals surface area (Å²) in [6.07, 6.45) is -0.402. The molecule has 0 unspecified atom stereocenters. The Kier molecular flexibility index (Phi) is 3.90. The van der Waals surface area contributed by atoms with Gasteiger partial charge in [0.15, 0.2) is 0 Å². The van der Waals surface area contributed by atoms with Crippen LogP contribution in [0.1, 0.15) is 13.8 Å². The molecule has 100 valence electrons.